The van der Waals surface area contributed by atoms with E-state index in [2.05, 4.69) is 21.3 Å². The standard InChI is InChI=1S/C8H18N6.4ClH/c1-5(2)7(9)11-13-14-12-8(10)6(3)4;;;;/h5-6H,1-4H3,(H2,9,11,14)(H2,10,12,13);4*1H. The van der Waals surface area contributed by atoms with Crippen molar-refractivity contribution in [1.82, 2.24) is 10.9 Å². The molecule has 0 radical (unpaired) electrons. The summed E-state index contributed by atoms with van der Waals surface area (Å²) in [5, 5.41) is 21.8. The minimum Gasteiger partial charge on any atom is -0.287 e. The first-order chi connectivity index (χ1) is 6.45. The van der Waals surface area contributed by atoms with E-state index in [1.54, 1.807) is 0 Å². The number of amidine groups is 2. The van der Waals surface area contributed by atoms with E-state index in [1.807, 2.05) is 27.7 Å². The van der Waals surface area contributed by atoms with Gasteiger partial charge in [-0.3, -0.25) is 10.8 Å². The minimum atomic E-state index is 0. The zero-order chi connectivity index (χ0) is 11.1. The van der Waals surface area contributed by atoms with E-state index in [-0.39, 0.29) is 61.5 Å². The molecule has 0 aromatic heterocycles. The van der Waals surface area contributed by atoms with Gasteiger partial charge in [-0.1, -0.05) is 27.7 Å². The molecule has 6 nitrogen and oxygen atoms in total. The lowest BCUT2D eigenvalue weighted by Gasteiger charge is -2.06. The second-order valence-corrected chi connectivity index (χ2v) is 3.56. The third-order valence-electron chi connectivity index (χ3n) is 1.55. The zero-order valence-corrected chi connectivity index (χ0v) is 13.9. The maximum absolute atomic E-state index is 7.37. The van der Waals surface area contributed by atoms with Crippen LogP contribution < -0.4 is 10.9 Å². The summed E-state index contributed by atoms with van der Waals surface area (Å²) in [7, 11) is 0. The smallest absolute Gasteiger partial charge is 0.118 e. The molecule has 4 N–H and O–H groups in total. The van der Waals surface area contributed by atoms with Crippen molar-refractivity contribution in [3.05, 3.63) is 0 Å². The van der Waals surface area contributed by atoms with Gasteiger partial charge in [0.15, 0.2) is 0 Å². The average Bonchev–Trinajstić information content (AvgIpc) is 2.11. The largest absolute Gasteiger partial charge is 0.287 e. The van der Waals surface area contributed by atoms with Crippen molar-refractivity contribution in [2.45, 2.75) is 27.7 Å². The molecule has 0 bridgehead atoms. The molecule has 0 rings (SSSR count). The molecule has 0 aliphatic rings. The van der Waals surface area contributed by atoms with Gasteiger partial charge in [0.1, 0.15) is 11.7 Å². The molecule has 112 valence electrons. The summed E-state index contributed by atoms with van der Waals surface area (Å²) in [5.74, 6) is 0.787. The molecular formula is C8H22Cl4N6. The summed E-state index contributed by atoms with van der Waals surface area (Å²) < 4.78 is 0. The topological polar surface area (TPSA) is 96.5 Å². The zero-order valence-electron chi connectivity index (χ0n) is 10.7. The first-order valence-corrected chi connectivity index (χ1v) is 4.53. The van der Waals surface area contributed by atoms with Crippen LogP contribution in [0.4, 0.5) is 0 Å². The maximum atomic E-state index is 7.37. The fraction of sp³-hybridized carbons (Fsp3) is 0.750. The molecule has 0 amide bonds. The van der Waals surface area contributed by atoms with Crippen LogP contribution in [0.3, 0.4) is 0 Å². The van der Waals surface area contributed by atoms with Crippen LogP contribution in [-0.2, 0) is 0 Å². The van der Waals surface area contributed by atoms with Crippen molar-refractivity contribution in [2.24, 2.45) is 22.3 Å². The molecule has 0 heterocycles. The van der Waals surface area contributed by atoms with Crippen molar-refractivity contribution < 1.29 is 0 Å². The summed E-state index contributed by atoms with van der Waals surface area (Å²) in [4.78, 5) is 0. The Hall–Kier alpha value is -0.300. The van der Waals surface area contributed by atoms with Crippen molar-refractivity contribution in [3.63, 3.8) is 0 Å². The van der Waals surface area contributed by atoms with E-state index in [0.29, 0.717) is 11.7 Å². The van der Waals surface area contributed by atoms with Gasteiger partial charge in [-0.05, 0) is 10.4 Å². The fourth-order valence-corrected chi connectivity index (χ4v) is 0.416. The Morgan fingerprint density at radius 1 is 0.722 bits per heavy atom. The second kappa shape index (κ2) is 16.7. The lowest BCUT2D eigenvalue weighted by atomic mass is 10.2. The summed E-state index contributed by atoms with van der Waals surface area (Å²) in [6.07, 6.45) is 0. The Morgan fingerprint density at radius 2 is 0.944 bits per heavy atom. The molecule has 10 heteroatoms. The number of hydrogen-bond acceptors (Lipinski definition) is 4. The molecule has 0 aliphatic carbocycles. The van der Waals surface area contributed by atoms with Crippen LogP contribution in [0.5, 0.6) is 0 Å². The molecule has 0 spiro atoms. The SMILES string of the molecule is CC(C)C(=N)NN=NNC(=N)C(C)C.Cl.Cl.Cl.Cl. The van der Waals surface area contributed by atoms with Crippen LogP contribution in [0.2, 0.25) is 0 Å². The van der Waals surface area contributed by atoms with Gasteiger partial charge in [0.05, 0.1) is 0 Å². The quantitative estimate of drug-likeness (QED) is 0.272. The van der Waals surface area contributed by atoms with E-state index < -0.39 is 0 Å². The van der Waals surface area contributed by atoms with Gasteiger partial charge in [-0.15, -0.1) is 49.6 Å². The van der Waals surface area contributed by atoms with Crippen LogP contribution in [0.25, 0.3) is 0 Å². The minimum absolute atomic E-state index is 0. The van der Waals surface area contributed by atoms with Crippen molar-refractivity contribution in [3.8, 4) is 0 Å². The maximum Gasteiger partial charge on any atom is 0.118 e. The predicted octanol–water partition coefficient (Wildman–Crippen LogP) is 3.40. The Bertz CT molecular complexity index is 220. The van der Waals surface area contributed by atoms with Gasteiger partial charge in [-0.25, -0.2) is 10.9 Å². The van der Waals surface area contributed by atoms with Crippen molar-refractivity contribution in [2.75, 3.05) is 0 Å². The molecule has 0 aromatic rings. The Balaban J connectivity index is -0.000000141. The highest BCUT2D eigenvalue weighted by molar-refractivity contribution is 5.86. The Kier molecular flexibility index (Phi) is 28.4. The van der Waals surface area contributed by atoms with E-state index in [4.69, 9.17) is 10.8 Å². The lowest BCUT2D eigenvalue weighted by molar-refractivity contribution is 0.715. The normalized spacial score (nSPS) is 8.56. The van der Waals surface area contributed by atoms with Crippen molar-refractivity contribution >= 4 is 61.3 Å². The Morgan fingerprint density at radius 3 is 1.11 bits per heavy atom. The number of nitrogens with zero attached hydrogens (tertiary/aromatic N) is 2. The Labute approximate surface area is 133 Å². The molecule has 0 saturated carbocycles. The summed E-state index contributed by atoms with van der Waals surface area (Å²) in [6.45, 7) is 7.53. The first kappa shape index (κ1) is 30.6. The third kappa shape index (κ3) is 15.7. The van der Waals surface area contributed by atoms with E-state index >= 15 is 0 Å². The van der Waals surface area contributed by atoms with Gasteiger partial charge in [0, 0.05) is 11.8 Å². The van der Waals surface area contributed by atoms with E-state index in [0.717, 1.165) is 0 Å². The molecule has 0 fully saturated rings. The highest BCUT2D eigenvalue weighted by atomic mass is 35.5. The van der Waals surface area contributed by atoms with Crippen LogP contribution in [0, 0.1) is 22.7 Å². The molecule has 18 heavy (non-hydrogen) atoms. The molecule has 0 unspecified atom stereocenters. The number of hydrogen-bond donors (Lipinski definition) is 4. The van der Waals surface area contributed by atoms with Crippen LogP contribution in [0.1, 0.15) is 27.7 Å². The van der Waals surface area contributed by atoms with Gasteiger partial charge < -0.3 is 0 Å². The van der Waals surface area contributed by atoms with Gasteiger partial charge in [0.25, 0.3) is 0 Å². The fourth-order valence-electron chi connectivity index (χ4n) is 0.416. The molecule has 0 aliphatic heterocycles. The average molecular weight is 344 g/mol. The van der Waals surface area contributed by atoms with Gasteiger partial charge in [0.2, 0.25) is 0 Å². The first-order valence-electron chi connectivity index (χ1n) is 4.53. The van der Waals surface area contributed by atoms with Crippen LogP contribution >= 0.6 is 49.6 Å². The molecular weight excluding hydrogens is 322 g/mol. The summed E-state index contributed by atoms with van der Waals surface area (Å²) in [6, 6.07) is 0. The van der Waals surface area contributed by atoms with E-state index in [9.17, 15) is 0 Å². The van der Waals surface area contributed by atoms with Crippen LogP contribution in [-0.4, -0.2) is 11.7 Å². The molecule has 0 saturated heterocycles. The highest BCUT2D eigenvalue weighted by Gasteiger charge is 2.01. The number of halogens is 4. The monoisotopic (exact) mass is 342 g/mol. The van der Waals surface area contributed by atoms with Crippen molar-refractivity contribution in [1.29, 1.82) is 10.8 Å². The van der Waals surface area contributed by atoms with E-state index in [1.165, 1.54) is 0 Å². The van der Waals surface area contributed by atoms with Gasteiger partial charge >= 0.3 is 0 Å². The summed E-state index contributed by atoms with van der Waals surface area (Å²) >= 11 is 0. The number of nitrogens with one attached hydrogen (secondary N) is 4. The van der Waals surface area contributed by atoms with Crippen LogP contribution in [0.15, 0.2) is 10.4 Å². The predicted molar refractivity (Wildman–Crippen MR) is 85.2 cm³/mol. The molecule has 0 aromatic carbocycles. The number of rotatable bonds is 4. The summed E-state index contributed by atoms with van der Waals surface area (Å²) in [5.41, 5.74) is 4.92. The molecule has 0 atom stereocenters. The second-order valence-electron chi connectivity index (χ2n) is 3.56. The van der Waals surface area contributed by atoms with Gasteiger partial charge in [-0.2, -0.15) is 0 Å². The highest BCUT2D eigenvalue weighted by Crippen LogP contribution is 1.92. The lowest BCUT2D eigenvalue weighted by Crippen LogP contribution is -2.25. The third-order valence-corrected chi connectivity index (χ3v) is 1.55.